The first-order valence-corrected chi connectivity index (χ1v) is 8.39. The van der Waals surface area contributed by atoms with Crippen molar-refractivity contribution in [3.8, 4) is 0 Å². The van der Waals surface area contributed by atoms with Crippen molar-refractivity contribution in [1.29, 1.82) is 0 Å². The third kappa shape index (κ3) is 6.04. The molecule has 0 aromatic heterocycles. The van der Waals surface area contributed by atoms with E-state index in [2.05, 4.69) is 45.6 Å². The number of carbonyl (C=O) groups is 1. The molecule has 0 spiro atoms. The van der Waals surface area contributed by atoms with Gasteiger partial charge >= 0.3 is 0 Å². The number of hydrogen-bond acceptors (Lipinski definition) is 3. The van der Waals surface area contributed by atoms with Crippen molar-refractivity contribution >= 4 is 33.2 Å². The predicted molar refractivity (Wildman–Crippen MR) is 100 cm³/mol. The van der Waals surface area contributed by atoms with Gasteiger partial charge in [0.25, 0.3) is 5.91 Å². The quantitative estimate of drug-likeness (QED) is 0.717. The van der Waals surface area contributed by atoms with Crippen LogP contribution >= 0.6 is 15.9 Å². The van der Waals surface area contributed by atoms with Crippen LogP contribution in [0.3, 0.4) is 0 Å². The monoisotopic (exact) mass is 375 g/mol. The number of carbonyl (C=O) groups excluding carboxylic acids is 1. The second kappa shape index (κ2) is 8.70. The van der Waals surface area contributed by atoms with E-state index in [0.29, 0.717) is 5.56 Å². The van der Waals surface area contributed by atoms with Gasteiger partial charge in [-0.15, -0.1) is 0 Å². The average molecular weight is 376 g/mol. The number of anilines is 2. The van der Waals surface area contributed by atoms with Crippen molar-refractivity contribution in [1.82, 2.24) is 4.90 Å². The third-order valence-electron chi connectivity index (χ3n) is 3.36. The van der Waals surface area contributed by atoms with Crippen LogP contribution in [-0.4, -0.2) is 38.0 Å². The van der Waals surface area contributed by atoms with Gasteiger partial charge in [0.1, 0.15) is 0 Å². The standard InChI is InChI=1S/C18H22BrN3O/c1-22(2)13-3-12-20-16-8-10-17(11-9-16)21-18(23)14-4-6-15(19)7-5-14/h4-11,20H,3,12-13H2,1-2H3,(H,21,23). The lowest BCUT2D eigenvalue weighted by Crippen LogP contribution is -2.16. The highest BCUT2D eigenvalue weighted by Gasteiger charge is 2.05. The average Bonchev–Trinajstić information content (AvgIpc) is 2.53. The predicted octanol–water partition coefficient (Wildman–Crippen LogP) is 4.07. The van der Waals surface area contributed by atoms with Gasteiger partial charge in [-0.05, 0) is 75.6 Å². The molecule has 5 heteroatoms. The van der Waals surface area contributed by atoms with E-state index in [1.165, 1.54) is 0 Å². The van der Waals surface area contributed by atoms with Gasteiger partial charge in [0.15, 0.2) is 0 Å². The Kier molecular flexibility index (Phi) is 6.62. The zero-order chi connectivity index (χ0) is 16.7. The minimum Gasteiger partial charge on any atom is -0.385 e. The summed E-state index contributed by atoms with van der Waals surface area (Å²) >= 11 is 3.36. The smallest absolute Gasteiger partial charge is 0.255 e. The lowest BCUT2D eigenvalue weighted by molar-refractivity contribution is 0.102. The molecule has 0 aliphatic heterocycles. The minimum absolute atomic E-state index is 0.107. The number of benzene rings is 2. The zero-order valence-electron chi connectivity index (χ0n) is 13.5. The molecule has 2 aromatic carbocycles. The van der Waals surface area contributed by atoms with Gasteiger partial charge in [-0.2, -0.15) is 0 Å². The highest BCUT2D eigenvalue weighted by Crippen LogP contribution is 2.16. The highest BCUT2D eigenvalue weighted by molar-refractivity contribution is 9.10. The fourth-order valence-electron chi connectivity index (χ4n) is 2.10. The van der Waals surface area contributed by atoms with Gasteiger partial charge < -0.3 is 15.5 Å². The number of nitrogens with zero attached hydrogens (tertiary/aromatic N) is 1. The Morgan fingerprint density at radius 3 is 2.22 bits per heavy atom. The van der Waals surface area contributed by atoms with Gasteiger partial charge in [-0.1, -0.05) is 15.9 Å². The van der Waals surface area contributed by atoms with E-state index >= 15 is 0 Å². The molecule has 122 valence electrons. The minimum atomic E-state index is -0.107. The van der Waals surface area contributed by atoms with E-state index in [4.69, 9.17) is 0 Å². The van der Waals surface area contributed by atoms with E-state index in [9.17, 15) is 4.79 Å². The molecular formula is C18H22BrN3O. The van der Waals surface area contributed by atoms with E-state index in [1.54, 1.807) is 12.1 Å². The summed E-state index contributed by atoms with van der Waals surface area (Å²) in [7, 11) is 4.14. The molecule has 0 radical (unpaired) electrons. The van der Waals surface area contributed by atoms with Gasteiger partial charge in [-0.3, -0.25) is 4.79 Å². The highest BCUT2D eigenvalue weighted by atomic mass is 79.9. The molecule has 0 bridgehead atoms. The van der Waals surface area contributed by atoms with Gasteiger partial charge in [0.05, 0.1) is 0 Å². The molecule has 0 saturated carbocycles. The summed E-state index contributed by atoms with van der Waals surface area (Å²) in [4.78, 5) is 14.3. The molecule has 2 aromatic rings. The van der Waals surface area contributed by atoms with Gasteiger partial charge in [0.2, 0.25) is 0 Å². The Hall–Kier alpha value is -1.85. The van der Waals surface area contributed by atoms with Crippen molar-refractivity contribution in [3.05, 3.63) is 58.6 Å². The maximum Gasteiger partial charge on any atom is 0.255 e. The molecule has 2 N–H and O–H groups in total. The Morgan fingerprint density at radius 2 is 1.61 bits per heavy atom. The second-order valence-corrected chi connectivity index (χ2v) is 6.54. The number of nitrogens with one attached hydrogen (secondary N) is 2. The lowest BCUT2D eigenvalue weighted by Gasteiger charge is -2.11. The van der Waals surface area contributed by atoms with Crippen LogP contribution in [0.2, 0.25) is 0 Å². The largest absolute Gasteiger partial charge is 0.385 e. The van der Waals surface area contributed by atoms with Crippen LogP contribution in [0.4, 0.5) is 11.4 Å². The summed E-state index contributed by atoms with van der Waals surface area (Å²) in [5, 5.41) is 6.27. The molecule has 0 fully saturated rings. The van der Waals surface area contributed by atoms with Crippen LogP contribution in [-0.2, 0) is 0 Å². The number of hydrogen-bond donors (Lipinski definition) is 2. The molecule has 0 saturated heterocycles. The van der Waals surface area contributed by atoms with Crippen LogP contribution in [0.1, 0.15) is 16.8 Å². The lowest BCUT2D eigenvalue weighted by atomic mass is 10.2. The molecule has 0 heterocycles. The summed E-state index contributed by atoms with van der Waals surface area (Å²) < 4.78 is 0.957. The molecular weight excluding hydrogens is 354 g/mol. The van der Waals surface area contributed by atoms with E-state index < -0.39 is 0 Å². The van der Waals surface area contributed by atoms with Crippen molar-refractivity contribution in [3.63, 3.8) is 0 Å². The normalized spacial score (nSPS) is 10.6. The Bertz CT molecular complexity index is 624. The molecule has 2 rings (SSSR count). The molecule has 0 unspecified atom stereocenters. The molecule has 0 aliphatic carbocycles. The van der Waals surface area contributed by atoms with Crippen molar-refractivity contribution in [2.24, 2.45) is 0 Å². The number of amides is 1. The maximum absolute atomic E-state index is 12.1. The Labute approximate surface area is 146 Å². The van der Waals surface area contributed by atoms with Crippen LogP contribution in [0.5, 0.6) is 0 Å². The Balaban J connectivity index is 1.84. The summed E-state index contributed by atoms with van der Waals surface area (Å²) in [6.07, 6.45) is 1.09. The number of rotatable bonds is 7. The first-order chi connectivity index (χ1) is 11.0. The van der Waals surface area contributed by atoms with Crippen LogP contribution in [0.25, 0.3) is 0 Å². The summed E-state index contributed by atoms with van der Waals surface area (Å²) in [6, 6.07) is 15.1. The molecule has 4 nitrogen and oxygen atoms in total. The van der Waals surface area contributed by atoms with Gasteiger partial charge in [-0.25, -0.2) is 0 Å². The first kappa shape index (κ1) is 17.5. The van der Waals surface area contributed by atoms with Crippen LogP contribution in [0.15, 0.2) is 53.0 Å². The maximum atomic E-state index is 12.1. The molecule has 0 atom stereocenters. The zero-order valence-corrected chi connectivity index (χ0v) is 15.1. The van der Waals surface area contributed by atoms with E-state index in [0.717, 1.165) is 35.4 Å². The molecule has 23 heavy (non-hydrogen) atoms. The summed E-state index contributed by atoms with van der Waals surface area (Å²) in [5.41, 5.74) is 2.49. The topological polar surface area (TPSA) is 44.4 Å². The third-order valence-corrected chi connectivity index (χ3v) is 3.89. The fourth-order valence-corrected chi connectivity index (χ4v) is 2.37. The van der Waals surface area contributed by atoms with Gasteiger partial charge in [0, 0.05) is 28.0 Å². The van der Waals surface area contributed by atoms with E-state index in [-0.39, 0.29) is 5.91 Å². The van der Waals surface area contributed by atoms with Crippen molar-refractivity contribution in [2.45, 2.75) is 6.42 Å². The van der Waals surface area contributed by atoms with Crippen LogP contribution < -0.4 is 10.6 Å². The summed E-state index contributed by atoms with van der Waals surface area (Å²) in [6.45, 7) is 2.00. The van der Waals surface area contributed by atoms with Crippen LogP contribution in [0, 0.1) is 0 Å². The Morgan fingerprint density at radius 1 is 1.00 bits per heavy atom. The van der Waals surface area contributed by atoms with Crippen molar-refractivity contribution in [2.75, 3.05) is 37.8 Å². The molecule has 1 amide bonds. The number of halogens is 1. The summed E-state index contributed by atoms with van der Waals surface area (Å²) in [5.74, 6) is -0.107. The molecule has 0 aliphatic rings. The SMILES string of the molecule is CN(C)CCCNc1ccc(NC(=O)c2ccc(Br)cc2)cc1. The first-order valence-electron chi connectivity index (χ1n) is 7.60. The van der Waals surface area contributed by atoms with Crippen molar-refractivity contribution < 1.29 is 4.79 Å². The fraction of sp³-hybridized carbons (Fsp3) is 0.278. The van der Waals surface area contributed by atoms with E-state index in [1.807, 2.05) is 36.4 Å². The second-order valence-electron chi connectivity index (χ2n) is 5.62.